The molecular weight excluding hydrogens is 204 g/mol. The van der Waals surface area contributed by atoms with Crippen LogP contribution in [-0.2, 0) is 4.79 Å². The van der Waals surface area contributed by atoms with Crippen LogP contribution in [0.5, 0.6) is 0 Å². The molecule has 1 aromatic carbocycles. The minimum Gasteiger partial charge on any atom is -0.325 e. The number of amides is 1. The van der Waals surface area contributed by atoms with Crippen LogP contribution in [0.25, 0.3) is 10.9 Å². The molecule has 0 aliphatic heterocycles. The van der Waals surface area contributed by atoms with Gasteiger partial charge in [0.05, 0.1) is 17.8 Å². The highest BCUT2D eigenvalue weighted by atomic mass is 16.1. The van der Waals surface area contributed by atoms with Crippen molar-refractivity contribution in [3.05, 3.63) is 23.9 Å². The second-order valence-electron chi connectivity index (χ2n) is 3.51. The molecule has 0 saturated heterocycles. The highest BCUT2D eigenvalue weighted by Crippen LogP contribution is 2.21. The highest BCUT2D eigenvalue weighted by molar-refractivity contribution is 5.95. The Hall–Kier alpha value is -2.35. The molecule has 1 heterocycles. The van der Waals surface area contributed by atoms with Gasteiger partial charge in [0, 0.05) is 11.1 Å². The van der Waals surface area contributed by atoms with Crippen molar-refractivity contribution in [1.82, 2.24) is 10.2 Å². The fourth-order valence-electron chi connectivity index (χ4n) is 1.50. The van der Waals surface area contributed by atoms with E-state index >= 15 is 0 Å². The molecule has 0 spiro atoms. The monoisotopic (exact) mass is 214 g/mol. The molecule has 2 rings (SSSR count). The molecule has 0 fully saturated rings. The first-order chi connectivity index (χ1) is 7.70. The Morgan fingerprint density at radius 3 is 3.19 bits per heavy atom. The Balaban J connectivity index is 2.33. The van der Waals surface area contributed by atoms with E-state index in [1.165, 1.54) is 0 Å². The van der Waals surface area contributed by atoms with Gasteiger partial charge in [-0.2, -0.15) is 10.4 Å². The van der Waals surface area contributed by atoms with E-state index in [-0.39, 0.29) is 12.3 Å². The van der Waals surface area contributed by atoms with Gasteiger partial charge in [-0.25, -0.2) is 0 Å². The van der Waals surface area contributed by atoms with Crippen LogP contribution in [0, 0.1) is 18.3 Å². The number of nitriles is 1. The molecule has 1 amide bonds. The number of aromatic amines is 1. The zero-order valence-corrected chi connectivity index (χ0v) is 8.74. The molecule has 1 aromatic heterocycles. The lowest BCUT2D eigenvalue weighted by atomic mass is 10.1. The predicted octanol–water partition coefficient (Wildman–Crippen LogP) is 1.72. The smallest absolute Gasteiger partial charge is 0.238 e. The van der Waals surface area contributed by atoms with Crippen LogP contribution in [0.4, 0.5) is 5.69 Å². The number of benzene rings is 1. The van der Waals surface area contributed by atoms with Gasteiger partial charge in [-0.3, -0.25) is 9.89 Å². The van der Waals surface area contributed by atoms with Crippen molar-refractivity contribution in [1.29, 1.82) is 5.26 Å². The molecule has 16 heavy (non-hydrogen) atoms. The van der Waals surface area contributed by atoms with Gasteiger partial charge in [0.15, 0.2) is 0 Å². The summed E-state index contributed by atoms with van der Waals surface area (Å²) in [6, 6.07) is 5.55. The van der Waals surface area contributed by atoms with E-state index in [0.29, 0.717) is 5.69 Å². The largest absolute Gasteiger partial charge is 0.325 e. The van der Waals surface area contributed by atoms with E-state index < -0.39 is 0 Å². The number of hydrogen-bond donors (Lipinski definition) is 2. The number of aromatic nitrogens is 2. The summed E-state index contributed by atoms with van der Waals surface area (Å²) in [5, 5.41) is 18.8. The number of nitrogens with zero attached hydrogens (tertiary/aromatic N) is 2. The normalized spacial score (nSPS) is 10.0. The van der Waals surface area contributed by atoms with Crippen LogP contribution in [0.1, 0.15) is 12.0 Å². The van der Waals surface area contributed by atoms with Crippen molar-refractivity contribution in [2.45, 2.75) is 13.3 Å². The molecule has 5 nitrogen and oxygen atoms in total. The SMILES string of the molecule is Cc1cc2[nH]ncc2cc1NC(=O)CC#N. The lowest BCUT2D eigenvalue weighted by Gasteiger charge is -2.06. The molecule has 2 N–H and O–H groups in total. The van der Waals surface area contributed by atoms with E-state index in [4.69, 9.17) is 5.26 Å². The third-order valence-electron chi connectivity index (χ3n) is 2.30. The molecule has 0 unspecified atom stereocenters. The van der Waals surface area contributed by atoms with Crippen LogP contribution in [0.2, 0.25) is 0 Å². The quantitative estimate of drug-likeness (QED) is 0.798. The number of fused-ring (bicyclic) bond motifs is 1. The number of carbonyl (C=O) groups is 1. The second kappa shape index (κ2) is 4.03. The van der Waals surface area contributed by atoms with Crippen molar-refractivity contribution >= 4 is 22.5 Å². The number of nitrogens with one attached hydrogen (secondary N) is 2. The standard InChI is InChI=1S/C11H10N4O/c1-7-4-10-8(6-13-15-10)5-9(7)14-11(16)2-3-12/h4-6H,2H2,1H3,(H,13,15)(H,14,16). The third-order valence-corrected chi connectivity index (χ3v) is 2.30. The molecule has 0 saturated carbocycles. The van der Waals surface area contributed by atoms with Crippen LogP contribution >= 0.6 is 0 Å². The fourth-order valence-corrected chi connectivity index (χ4v) is 1.50. The van der Waals surface area contributed by atoms with Gasteiger partial charge in [-0.05, 0) is 24.6 Å². The summed E-state index contributed by atoms with van der Waals surface area (Å²) >= 11 is 0. The summed E-state index contributed by atoms with van der Waals surface area (Å²) in [6.45, 7) is 1.89. The van der Waals surface area contributed by atoms with Crippen LogP contribution in [0.3, 0.4) is 0 Å². The van der Waals surface area contributed by atoms with Gasteiger partial charge < -0.3 is 5.32 Å². The molecule has 80 valence electrons. The van der Waals surface area contributed by atoms with E-state index in [2.05, 4.69) is 15.5 Å². The first-order valence-electron chi connectivity index (χ1n) is 4.81. The highest BCUT2D eigenvalue weighted by Gasteiger charge is 2.06. The van der Waals surface area contributed by atoms with Gasteiger partial charge in [0.1, 0.15) is 6.42 Å². The van der Waals surface area contributed by atoms with Crippen LogP contribution in [0.15, 0.2) is 18.3 Å². The Bertz CT molecular complexity index is 579. The van der Waals surface area contributed by atoms with Crippen LogP contribution < -0.4 is 5.32 Å². The first-order valence-corrected chi connectivity index (χ1v) is 4.81. The Kier molecular flexibility index (Phi) is 2.56. The number of H-pyrrole nitrogens is 1. The van der Waals surface area contributed by atoms with Gasteiger partial charge >= 0.3 is 0 Å². The molecule has 2 aromatic rings. The maximum absolute atomic E-state index is 11.3. The topological polar surface area (TPSA) is 81.6 Å². The summed E-state index contributed by atoms with van der Waals surface area (Å²) in [6.07, 6.45) is 1.55. The van der Waals surface area contributed by atoms with Crippen molar-refractivity contribution in [3.63, 3.8) is 0 Å². The number of hydrogen-bond acceptors (Lipinski definition) is 3. The lowest BCUT2D eigenvalue weighted by Crippen LogP contribution is -2.11. The number of rotatable bonds is 2. The Labute approximate surface area is 92.1 Å². The number of carbonyl (C=O) groups excluding carboxylic acids is 1. The summed E-state index contributed by atoms with van der Waals surface area (Å²) in [5.74, 6) is -0.298. The summed E-state index contributed by atoms with van der Waals surface area (Å²) in [7, 11) is 0. The van der Waals surface area contributed by atoms with E-state index in [0.717, 1.165) is 16.5 Å². The van der Waals surface area contributed by atoms with Crippen molar-refractivity contribution in [2.24, 2.45) is 0 Å². The number of anilines is 1. The Morgan fingerprint density at radius 1 is 1.62 bits per heavy atom. The predicted molar refractivity (Wildman–Crippen MR) is 59.7 cm³/mol. The summed E-state index contributed by atoms with van der Waals surface area (Å²) in [4.78, 5) is 11.3. The average Bonchev–Trinajstić information content (AvgIpc) is 2.65. The van der Waals surface area contributed by atoms with Gasteiger partial charge in [-0.1, -0.05) is 0 Å². The Morgan fingerprint density at radius 2 is 2.44 bits per heavy atom. The molecule has 0 aliphatic rings. The summed E-state index contributed by atoms with van der Waals surface area (Å²) in [5.41, 5.74) is 2.58. The molecule has 0 radical (unpaired) electrons. The molecule has 0 atom stereocenters. The fraction of sp³-hybridized carbons (Fsp3) is 0.182. The first kappa shape index (κ1) is 10.2. The van der Waals surface area contributed by atoms with Crippen molar-refractivity contribution < 1.29 is 4.79 Å². The van der Waals surface area contributed by atoms with Crippen molar-refractivity contribution in [2.75, 3.05) is 5.32 Å². The molecular formula is C11H10N4O. The van der Waals surface area contributed by atoms with Crippen molar-refractivity contribution in [3.8, 4) is 6.07 Å². The van der Waals surface area contributed by atoms with E-state index in [9.17, 15) is 4.79 Å². The minimum absolute atomic E-state index is 0.136. The number of aryl methyl sites for hydroxylation is 1. The van der Waals surface area contributed by atoms with E-state index in [1.54, 1.807) is 6.20 Å². The van der Waals surface area contributed by atoms with Crippen LogP contribution in [-0.4, -0.2) is 16.1 Å². The minimum atomic E-state index is -0.298. The maximum Gasteiger partial charge on any atom is 0.238 e. The third kappa shape index (κ3) is 1.86. The summed E-state index contributed by atoms with van der Waals surface area (Å²) < 4.78 is 0. The zero-order valence-electron chi connectivity index (χ0n) is 8.74. The van der Waals surface area contributed by atoms with Gasteiger partial charge in [0.2, 0.25) is 5.91 Å². The second-order valence-corrected chi connectivity index (χ2v) is 3.51. The van der Waals surface area contributed by atoms with Gasteiger partial charge in [-0.15, -0.1) is 0 Å². The van der Waals surface area contributed by atoms with E-state index in [1.807, 2.05) is 25.1 Å². The lowest BCUT2D eigenvalue weighted by molar-refractivity contribution is -0.115. The zero-order chi connectivity index (χ0) is 11.5. The molecule has 5 heteroatoms. The van der Waals surface area contributed by atoms with Gasteiger partial charge in [0.25, 0.3) is 0 Å². The average molecular weight is 214 g/mol. The molecule has 0 aliphatic carbocycles. The molecule has 0 bridgehead atoms. The maximum atomic E-state index is 11.3.